The average molecular weight is 480 g/mol. The standard InChI is InChI=1S/C27H41N7O/c1-20-16-24(29-15-14-28)33-25(31-20)34-26(35)32-23-11-10-21-19-30-27(18-22(21)17-23)12-8-6-4-2-3-5-7-9-13-27/h10-11,16-17,30H,2-9,12-15,18-19,28H2,1H3,(H3,29,31,32,33,34,35). The van der Waals surface area contributed by atoms with Crippen molar-refractivity contribution in [2.24, 2.45) is 5.73 Å². The van der Waals surface area contributed by atoms with Crippen molar-refractivity contribution in [3.8, 4) is 0 Å². The molecule has 2 amide bonds. The molecule has 6 N–H and O–H groups in total. The van der Waals surface area contributed by atoms with Crippen LogP contribution in [0.2, 0.25) is 0 Å². The Bertz CT molecular complexity index is 981. The number of benzene rings is 1. The second-order valence-electron chi connectivity index (χ2n) is 10.1. The lowest BCUT2D eigenvalue weighted by Crippen LogP contribution is -2.49. The zero-order valence-corrected chi connectivity index (χ0v) is 21.1. The number of urea groups is 1. The summed E-state index contributed by atoms with van der Waals surface area (Å²) in [4.78, 5) is 21.4. The molecule has 1 aromatic heterocycles. The van der Waals surface area contributed by atoms with Gasteiger partial charge >= 0.3 is 6.03 Å². The molecule has 0 atom stereocenters. The zero-order chi connectivity index (χ0) is 24.5. The van der Waals surface area contributed by atoms with Crippen molar-refractivity contribution >= 4 is 23.5 Å². The molecule has 0 bridgehead atoms. The fraction of sp³-hybridized carbons (Fsp3) is 0.593. The van der Waals surface area contributed by atoms with Crippen LogP contribution in [0.5, 0.6) is 0 Å². The first-order chi connectivity index (χ1) is 17.0. The quantitative estimate of drug-likeness (QED) is 0.407. The molecule has 1 aliphatic heterocycles. The number of aromatic nitrogens is 2. The molecule has 0 unspecified atom stereocenters. The van der Waals surface area contributed by atoms with Gasteiger partial charge in [0.05, 0.1) is 0 Å². The smallest absolute Gasteiger partial charge is 0.326 e. The summed E-state index contributed by atoms with van der Waals surface area (Å²) < 4.78 is 0. The van der Waals surface area contributed by atoms with E-state index >= 15 is 0 Å². The number of nitrogens with two attached hydrogens (primary N) is 1. The Hall–Kier alpha value is -2.71. The highest BCUT2D eigenvalue weighted by molar-refractivity contribution is 5.98. The SMILES string of the molecule is Cc1cc(NCCN)nc(NC(=O)Nc2ccc3c(c2)CC2(CCCCCCCCCC2)NC3)n1. The van der Waals surface area contributed by atoms with E-state index in [1.54, 1.807) is 0 Å². The number of carbonyl (C=O) groups is 1. The molecule has 0 radical (unpaired) electrons. The summed E-state index contributed by atoms with van der Waals surface area (Å²) in [5.41, 5.74) is 9.97. The van der Waals surface area contributed by atoms with E-state index in [0.717, 1.165) is 24.3 Å². The summed E-state index contributed by atoms with van der Waals surface area (Å²) in [6, 6.07) is 7.73. The van der Waals surface area contributed by atoms with Gasteiger partial charge in [-0.1, -0.05) is 57.4 Å². The van der Waals surface area contributed by atoms with Crippen molar-refractivity contribution in [1.82, 2.24) is 15.3 Å². The molecule has 1 fully saturated rings. The van der Waals surface area contributed by atoms with Crippen LogP contribution in [0, 0.1) is 6.92 Å². The minimum absolute atomic E-state index is 0.181. The molecule has 8 nitrogen and oxygen atoms in total. The number of nitrogens with one attached hydrogen (secondary N) is 4. The van der Waals surface area contributed by atoms with E-state index in [9.17, 15) is 4.79 Å². The molecule has 2 aliphatic rings. The van der Waals surface area contributed by atoms with E-state index in [0.29, 0.717) is 18.9 Å². The highest BCUT2D eigenvalue weighted by atomic mass is 16.2. The first-order valence-electron chi connectivity index (χ1n) is 13.3. The van der Waals surface area contributed by atoms with Crippen LogP contribution in [-0.2, 0) is 13.0 Å². The fourth-order valence-electron chi connectivity index (χ4n) is 5.40. The third-order valence-electron chi connectivity index (χ3n) is 7.24. The summed E-state index contributed by atoms with van der Waals surface area (Å²) in [5.74, 6) is 0.909. The molecular formula is C27H41N7O. The number of nitrogens with zero attached hydrogens (tertiary/aromatic N) is 2. The van der Waals surface area contributed by atoms with E-state index in [1.807, 2.05) is 19.1 Å². The van der Waals surface area contributed by atoms with Gasteiger partial charge < -0.3 is 21.7 Å². The predicted octanol–water partition coefficient (Wildman–Crippen LogP) is 5.10. The molecular weight excluding hydrogens is 438 g/mol. The lowest BCUT2D eigenvalue weighted by molar-refractivity contribution is 0.246. The number of hydrogen-bond donors (Lipinski definition) is 5. The first-order valence-corrected chi connectivity index (χ1v) is 13.3. The second-order valence-corrected chi connectivity index (χ2v) is 10.1. The Morgan fingerprint density at radius 1 is 0.971 bits per heavy atom. The lowest BCUT2D eigenvalue weighted by atomic mass is 9.77. The van der Waals surface area contributed by atoms with E-state index in [1.165, 1.54) is 75.3 Å². The first kappa shape index (κ1) is 25.4. The molecule has 1 saturated carbocycles. The topological polar surface area (TPSA) is 117 Å². The lowest BCUT2D eigenvalue weighted by Gasteiger charge is -2.40. The van der Waals surface area contributed by atoms with Gasteiger partial charge in [-0.05, 0) is 49.4 Å². The van der Waals surface area contributed by atoms with Crippen molar-refractivity contribution in [3.63, 3.8) is 0 Å². The minimum atomic E-state index is -0.348. The highest BCUT2D eigenvalue weighted by Gasteiger charge is 2.33. The van der Waals surface area contributed by atoms with Gasteiger partial charge in [-0.15, -0.1) is 0 Å². The van der Waals surface area contributed by atoms with E-state index in [2.05, 4.69) is 43.4 Å². The Morgan fingerprint density at radius 2 is 1.69 bits per heavy atom. The number of amides is 2. The fourth-order valence-corrected chi connectivity index (χ4v) is 5.40. The summed E-state index contributed by atoms with van der Waals surface area (Å²) in [6.45, 7) is 3.87. The highest BCUT2D eigenvalue weighted by Crippen LogP contribution is 2.34. The van der Waals surface area contributed by atoms with Crippen LogP contribution in [0.15, 0.2) is 24.3 Å². The number of hydrogen-bond acceptors (Lipinski definition) is 6. The number of rotatable bonds is 5. The number of aryl methyl sites for hydroxylation is 1. The molecule has 1 spiro atoms. The largest absolute Gasteiger partial charge is 0.369 e. The zero-order valence-electron chi connectivity index (χ0n) is 21.1. The Kier molecular flexibility index (Phi) is 8.93. The van der Waals surface area contributed by atoms with Gasteiger partial charge in [0.1, 0.15) is 5.82 Å². The van der Waals surface area contributed by atoms with Crippen LogP contribution in [0.25, 0.3) is 0 Å². The molecule has 2 heterocycles. The molecule has 190 valence electrons. The number of carbonyl (C=O) groups excluding carboxylic acids is 1. The normalized spacial score (nSPS) is 18.2. The summed E-state index contributed by atoms with van der Waals surface area (Å²) in [6.07, 6.45) is 14.3. The summed E-state index contributed by atoms with van der Waals surface area (Å²) in [7, 11) is 0. The molecule has 1 aliphatic carbocycles. The maximum absolute atomic E-state index is 12.7. The van der Waals surface area contributed by atoms with Crippen molar-refractivity contribution in [2.75, 3.05) is 29.0 Å². The predicted molar refractivity (Wildman–Crippen MR) is 143 cm³/mol. The van der Waals surface area contributed by atoms with Gasteiger partial charge in [0.25, 0.3) is 0 Å². The van der Waals surface area contributed by atoms with Crippen molar-refractivity contribution in [2.45, 2.75) is 89.6 Å². The Labute approximate surface area is 209 Å². The molecule has 35 heavy (non-hydrogen) atoms. The van der Waals surface area contributed by atoms with Gasteiger partial charge in [0.2, 0.25) is 5.95 Å². The van der Waals surface area contributed by atoms with Crippen LogP contribution in [-0.4, -0.2) is 34.6 Å². The average Bonchev–Trinajstić information content (AvgIpc) is 2.88. The van der Waals surface area contributed by atoms with Crippen LogP contribution in [0.4, 0.5) is 22.2 Å². The van der Waals surface area contributed by atoms with Gasteiger partial charge in [0, 0.05) is 42.6 Å². The van der Waals surface area contributed by atoms with Gasteiger partial charge in [-0.25, -0.2) is 9.78 Å². The van der Waals surface area contributed by atoms with Crippen molar-refractivity contribution in [3.05, 3.63) is 41.1 Å². The Balaban J connectivity index is 1.41. The molecule has 1 aromatic carbocycles. The number of anilines is 3. The van der Waals surface area contributed by atoms with Crippen molar-refractivity contribution in [1.29, 1.82) is 0 Å². The molecule has 4 rings (SSSR count). The van der Waals surface area contributed by atoms with Crippen LogP contribution < -0.4 is 27.0 Å². The van der Waals surface area contributed by atoms with Gasteiger partial charge in [-0.3, -0.25) is 5.32 Å². The molecule has 2 aromatic rings. The Morgan fingerprint density at radius 3 is 2.40 bits per heavy atom. The van der Waals surface area contributed by atoms with Crippen LogP contribution >= 0.6 is 0 Å². The van der Waals surface area contributed by atoms with Gasteiger partial charge in [0.15, 0.2) is 0 Å². The third-order valence-corrected chi connectivity index (χ3v) is 7.24. The van der Waals surface area contributed by atoms with E-state index < -0.39 is 0 Å². The monoisotopic (exact) mass is 479 g/mol. The van der Waals surface area contributed by atoms with Crippen molar-refractivity contribution < 1.29 is 4.79 Å². The van der Waals surface area contributed by atoms with Gasteiger partial charge in [-0.2, -0.15) is 4.98 Å². The molecule has 0 saturated heterocycles. The van der Waals surface area contributed by atoms with Crippen LogP contribution in [0.3, 0.4) is 0 Å². The summed E-state index contributed by atoms with van der Waals surface area (Å²) >= 11 is 0. The maximum atomic E-state index is 12.7. The minimum Gasteiger partial charge on any atom is -0.369 e. The van der Waals surface area contributed by atoms with E-state index in [-0.39, 0.29) is 17.5 Å². The second kappa shape index (κ2) is 12.3. The number of fused-ring (bicyclic) bond motifs is 1. The molecule has 8 heteroatoms. The maximum Gasteiger partial charge on any atom is 0.326 e. The van der Waals surface area contributed by atoms with E-state index in [4.69, 9.17) is 5.73 Å². The summed E-state index contributed by atoms with van der Waals surface area (Å²) in [5, 5.41) is 12.8. The van der Waals surface area contributed by atoms with Crippen LogP contribution in [0.1, 0.15) is 81.0 Å². The third kappa shape index (κ3) is 7.39.